The Bertz CT molecular complexity index is 267. The highest BCUT2D eigenvalue weighted by molar-refractivity contribution is 5.16. The molecular weight excluding hydrogens is 174 g/mol. The van der Waals surface area contributed by atoms with Crippen LogP contribution in [0.4, 0.5) is 0 Å². The Balaban J connectivity index is 1.90. The maximum absolute atomic E-state index is 6.13. The Kier molecular flexibility index (Phi) is 3.17. The van der Waals surface area contributed by atoms with E-state index in [1.807, 2.05) is 6.07 Å². The van der Waals surface area contributed by atoms with Crippen molar-refractivity contribution in [2.45, 2.75) is 18.9 Å². The predicted molar refractivity (Wildman–Crippen MR) is 57.0 cm³/mol. The fraction of sp³-hybridized carbons (Fsp3) is 0.500. The van der Waals surface area contributed by atoms with Crippen LogP contribution < -0.4 is 5.73 Å². The molecule has 2 nitrogen and oxygen atoms in total. The summed E-state index contributed by atoms with van der Waals surface area (Å²) in [7, 11) is 0. The van der Waals surface area contributed by atoms with Gasteiger partial charge in [0, 0.05) is 12.6 Å². The van der Waals surface area contributed by atoms with Crippen LogP contribution in [0.25, 0.3) is 0 Å². The standard InChI is InChI=1S/C12H17NO/c13-12(11-6-7-14-9-11)8-10-4-2-1-3-5-10/h1-5,11-12H,6-9,13H2. The molecule has 1 aromatic rings. The molecule has 0 amide bonds. The smallest absolute Gasteiger partial charge is 0.0510 e. The van der Waals surface area contributed by atoms with Crippen LogP contribution in [-0.4, -0.2) is 19.3 Å². The van der Waals surface area contributed by atoms with Gasteiger partial charge < -0.3 is 10.5 Å². The molecule has 0 bridgehead atoms. The molecule has 14 heavy (non-hydrogen) atoms. The zero-order chi connectivity index (χ0) is 9.80. The fourth-order valence-corrected chi connectivity index (χ4v) is 1.94. The summed E-state index contributed by atoms with van der Waals surface area (Å²) in [5.41, 5.74) is 7.46. The fourth-order valence-electron chi connectivity index (χ4n) is 1.94. The van der Waals surface area contributed by atoms with Crippen molar-refractivity contribution in [1.82, 2.24) is 0 Å². The molecule has 1 fully saturated rings. The first-order valence-corrected chi connectivity index (χ1v) is 5.23. The average Bonchev–Trinajstić information content (AvgIpc) is 2.72. The molecule has 2 N–H and O–H groups in total. The van der Waals surface area contributed by atoms with Gasteiger partial charge in [-0.2, -0.15) is 0 Å². The summed E-state index contributed by atoms with van der Waals surface area (Å²) in [5, 5.41) is 0. The SMILES string of the molecule is NC(Cc1ccccc1)C1CCOC1. The monoisotopic (exact) mass is 191 g/mol. The lowest BCUT2D eigenvalue weighted by atomic mass is 9.94. The van der Waals surface area contributed by atoms with Crippen molar-refractivity contribution in [3.8, 4) is 0 Å². The molecule has 0 saturated carbocycles. The van der Waals surface area contributed by atoms with Crippen LogP contribution >= 0.6 is 0 Å². The molecule has 0 spiro atoms. The van der Waals surface area contributed by atoms with E-state index in [9.17, 15) is 0 Å². The summed E-state index contributed by atoms with van der Waals surface area (Å²) in [4.78, 5) is 0. The summed E-state index contributed by atoms with van der Waals surface area (Å²) in [6.07, 6.45) is 2.09. The Morgan fingerprint density at radius 3 is 2.79 bits per heavy atom. The Hall–Kier alpha value is -0.860. The van der Waals surface area contributed by atoms with Crippen molar-refractivity contribution in [3.63, 3.8) is 0 Å². The number of rotatable bonds is 3. The van der Waals surface area contributed by atoms with Crippen molar-refractivity contribution in [3.05, 3.63) is 35.9 Å². The molecule has 2 atom stereocenters. The number of hydrogen-bond donors (Lipinski definition) is 1. The van der Waals surface area contributed by atoms with Gasteiger partial charge in [0.15, 0.2) is 0 Å². The lowest BCUT2D eigenvalue weighted by Crippen LogP contribution is -2.32. The number of nitrogens with two attached hydrogens (primary N) is 1. The molecule has 76 valence electrons. The zero-order valence-electron chi connectivity index (χ0n) is 8.36. The number of benzene rings is 1. The Labute approximate surface area is 85.1 Å². The van der Waals surface area contributed by atoms with Crippen molar-refractivity contribution in [2.75, 3.05) is 13.2 Å². The van der Waals surface area contributed by atoms with Gasteiger partial charge in [0.1, 0.15) is 0 Å². The molecule has 0 radical (unpaired) electrons. The van der Waals surface area contributed by atoms with Gasteiger partial charge in [-0.3, -0.25) is 0 Å². The molecule has 0 aliphatic carbocycles. The van der Waals surface area contributed by atoms with Crippen LogP contribution in [0.1, 0.15) is 12.0 Å². The molecule has 1 aliphatic heterocycles. The van der Waals surface area contributed by atoms with E-state index in [0.29, 0.717) is 5.92 Å². The minimum atomic E-state index is 0.250. The molecule has 1 saturated heterocycles. The summed E-state index contributed by atoms with van der Waals surface area (Å²) in [5.74, 6) is 0.551. The van der Waals surface area contributed by atoms with Gasteiger partial charge >= 0.3 is 0 Å². The molecule has 0 aromatic heterocycles. The highest BCUT2D eigenvalue weighted by Crippen LogP contribution is 2.18. The summed E-state index contributed by atoms with van der Waals surface area (Å²) < 4.78 is 5.34. The zero-order valence-corrected chi connectivity index (χ0v) is 8.36. The first-order chi connectivity index (χ1) is 6.86. The molecule has 2 rings (SSSR count). The van der Waals surface area contributed by atoms with Gasteiger partial charge in [-0.15, -0.1) is 0 Å². The number of ether oxygens (including phenoxy) is 1. The van der Waals surface area contributed by atoms with Gasteiger partial charge in [0.05, 0.1) is 6.61 Å². The first kappa shape index (κ1) is 9.69. The minimum absolute atomic E-state index is 0.250. The van der Waals surface area contributed by atoms with E-state index in [-0.39, 0.29) is 6.04 Å². The van der Waals surface area contributed by atoms with Crippen LogP contribution in [0.3, 0.4) is 0 Å². The maximum Gasteiger partial charge on any atom is 0.0510 e. The second-order valence-electron chi connectivity index (χ2n) is 3.98. The lowest BCUT2D eigenvalue weighted by Gasteiger charge is -2.17. The maximum atomic E-state index is 6.13. The topological polar surface area (TPSA) is 35.2 Å². The van der Waals surface area contributed by atoms with Gasteiger partial charge in [-0.25, -0.2) is 0 Å². The first-order valence-electron chi connectivity index (χ1n) is 5.23. The van der Waals surface area contributed by atoms with Crippen molar-refractivity contribution >= 4 is 0 Å². The quantitative estimate of drug-likeness (QED) is 0.787. The molecule has 2 unspecified atom stereocenters. The Morgan fingerprint density at radius 1 is 1.36 bits per heavy atom. The average molecular weight is 191 g/mol. The minimum Gasteiger partial charge on any atom is -0.381 e. The van der Waals surface area contributed by atoms with E-state index < -0.39 is 0 Å². The third kappa shape index (κ3) is 2.34. The van der Waals surface area contributed by atoms with E-state index in [2.05, 4.69) is 24.3 Å². The van der Waals surface area contributed by atoms with Gasteiger partial charge in [0.25, 0.3) is 0 Å². The summed E-state index contributed by atoms with van der Waals surface area (Å²) in [6, 6.07) is 10.7. The second-order valence-corrected chi connectivity index (χ2v) is 3.98. The predicted octanol–water partition coefficient (Wildman–Crippen LogP) is 1.59. The Morgan fingerprint density at radius 2 is 2.14 bits per heavy atom. The molecule has 1 heterocycles. The lowest BCUT2D eigenvalue weighted by molar-refractivity contribution is 0.180. The summed E-state index contributed by atoms with van der Waals surface area (Å²) >= 11 is 0. The van der Waals surface area contributed by atoms with E-state index in [1.54, 1.807) is 0 Å². The highest BCUT2D eigenvalue weighted by atomic mass is 16.5. The van der Waals surface area contributed by atoms with Gasteiger partial charge in [-0.1, -0.05) is 30.3 Å². The highest BCUT2D eigenvalue weighted by Gasteiger charge is 2.22. The number of hydrogen-bond acceptors (Lipinski definition) is 2. The van der Waals surface area contributed by atoms with Crippen LogP contribution in [0.5, 0.6) is 0 Å². The van der Waals surface area contributed by atoms with E-state index in [1.165, 1.54) is 5.56 Å². The van der Waals surface area contributed by atoms with Crippen LogP contribution in [0, 0.1) is 5.92 Å². The largest absolute Gasteiger partial charge is 0.381 e. The van der Waals surface area contributed by atoms with E-state index >= 15 is 0 Å². The van der Waals surface area contributed by atoms with Crippen LogP contribution in [0.2, 0.25) is 0 Å². The van der Waals surface area contributed by atoms with Crippen molar-refractivity contribution in [1.29, 1.82) is 0 Å². The van der Waals surface area contributed by atoms with E-state index in [4.69, 9.17) is 10.5 Å². The third-order valence-corrected chi connectivity index (χ3v) is 2.88. The molecule has 1 aliphatic rings. The van der Waals surface area contributed by atoms with Crippen molar-refractivity contribution in [2.24, 2.45) is 11.7 Å². The molecule has 1 aromatic carbocycles. The summed E-state index contributed by atoms with van der Waals surface area (Å²) in [6.45, 7) is 1.72. The van der Waals surface area contributed by atoms with Crippen LogP contribution in [-0.2, 0) is 11.2 Å². The normalized spacial score (nSPS) is 23.6. The third-order valence-electron chi connectivity index (χ3n) is 2.88. The van der Waals surface area contributed by atoms with Crippen molar-refractivity contribution < 1.29 is 4.74 Å². The van der Waals surface area contributed by atoms with E-state index in [0.717, 1.165) is 26.1 Å². The van der Waals surface area contributed by atoms with Gasteiger partial charge in [-0.05, 0) is 24.3 Å². The molecular formula is C12H17NO. The molecule has 2 heteroatoms. The van der Waals surface area contributed by atoms with Crippen LogP contribution in [0.15, 0.2) is 30.3 Å². The second kappa shape index (κ2) is 4.58. The van der Waals surface area contributed by atoms with Gasteiger partial charge in [0.2, 0.25) is 0 Å².